The molecule has 3 aromatic carbocycles. The minimum Gasteiger partial charge on any atom is -0.454 e. The van der Waals surface area contributed by atoms with E-state index >= 15 is 0 Å². The smallest absolute Gasteiger partial charge is 0.454 e. The summed E-state index contributed by atoms with van der Waals surface area (Å²) in [5, 5.41) is 9.25. The van der Waals surface area contributed by atoms with E-state index in [0.29, 0.717) is 41.0 Å². The molecule has 5 rings (SSSR count). The molecular formula is C26H21F3O5. The summed E-state index contributed by atoms with van der Waals surface area (Å²) >= 11 is 0. The van der Waals surface area contributed by atoms with Gasteiger partial charge in [-0.1, -0.05) is 36.4 Å². The molecule has 1 aliphatic carbocycles. The molecule has 0 atom stereocenters. The van der Waals surface area contributed by atoms with Crippen molar-refractivity contribution in [2.45, 2.75) is 37.6 Å². The summed E-state index contributed by atoms with van der Waals surface area (Å²) in [7, 11) is 0. The molecule has 1 saturated carbocycles. The maximum absolute atomic E-state index is 13.3. The Morgan fingerprint density at radius 2 is 1.65 bits per heavy atom. The van der Waals surface area contributed by atoms with Gasteiger partial charge in [-0.3, -0.25) is 4.79 Å². The number of ketones is 1. The van der Waals surface area contributed by atoms with Gasteiger partial charge in [0.05, 0.1) is 12.0 Å². The monoisotopic (exact) mass is 470 g/mol. The molecule has 1 heterocycles. The number of halogens is 3. The average molecular weight is 470 g/mol. The molecule has 0 saturated heterocycles. The van der Waals surface area contributed by atoms with Gasteiger partial charge < -0.3 is 19.3 Å². The summed E-state index contributed by atoms with van der Waals surface area (Å²) in [5.74, 6) is 0.901. The van der Waals surface area contributed by atoms with Crippen molar-refractivity contribution in [2.75, 3.05) is 6.79 Å². The zero-order valence-electron chi connectivity index (χ0n) is 18.0. The Balaban J connectivity index is 1.44. The van der Waals surface area contributed by atoms with Crippen LogP contribution in [0.1, 0.15) is 29.5 Å². The van der Waals surface area contributed by atoms with Crippen LogP contribution in [-0.4, -0.2) is 24.0 Å². The molecule has 3 aromatic rings. The van der Waals surface area contributed by atoms with Gasteiger partial charge in [0.25, 0.3) is 0 Å². The van der Waals surface area contributed by atoms with Crippen LogP contribution >= 0.6 is 0 Å². The number of benzene rings is 3. The number of hydrogen-bond acceptors (Lipinski definition) is 5. The molecule has 0 amide bonds. The van der Waals surface area contributed by atoms with Crippen LogP contribution in [0.3, 0.4) is 0 Å². The molecule has 5 nitrogen and oxygen atoms in total. The Kier molecular flexibility index (Phi) is 5.48. The topological polar surface area (TPSA) is 65.0 Å². The number of fused-ring (bicyclic) bond motifs is 1. The minimum atomic E-state index is -4.85. The lowest BCUT2D eigenvalue weighted by Crippen LogP contribution is -2.22. The fourth-order valence-electron chi connectivity index (χ4n) is 4.32. The Labute approximate surface area is 193 Å². The van der Waals surface area contributed by atoms with E-state index in [2.05, 4.69) is 4.74 Å². The second-order valence-corrected chi connectivity index (χ2v) is 8.48. The van der Waals surface area contributed by atoms with Crippen molar-refractivity contribution in [3.8, 4) is 28.4 Å². The van der Waals surface area contributed by atoms with E-state index in [-0.39, 0.29) is 36.9 Å². The van der Waals surface area contributed by atoms with E-state index in [0.717, 1.165) is 5.56 Å². The van der Waals surface area contributed by atoms with Crippen molar-refractivity contribution in [2.24, 2.45) is 0 Å². The summed E-state index contributed by atoms with van der Waals surface area (Å²) in [4.78, 5) is 13.3. The van der Waals surface area contributed by atoms with Crippen molar-refractivity contribution in [1.29, 1.82) is 0 Å². The van der Waals surface area contributed by atoms with Crippen LogP contribution in [0.5, 0.6) is 17.2 Å². The number of carbonyl (C=O) groups is 1. The van der Waals surface area contributed by atoms with Gasteiger partial charge in [-0.15, -0.1) is 13.2 Å². The van der Waals surface area contributed by atoms with E-state index in [1.165, 1.54) is 12.1 Å². The van der Waals surface area contributed by atoms with Crippen LogP contribution < -0.4 is 14.2 Å². The standard InChI is InChI=1S/C26H21F3O5/c27-26(28,29)34-21-7-3-17(11-20(21)18-4-1-16(14-30)2-5-18)12-24(31)25(9-10-25)19-6-8-22-23(13-19)33-15-32-22/h1-8,11,13,30H,9-10,12,14-15H2. The van der Waals surface area contributed by atoms with Crippen LogP contribution in [0.4, 0.5) is 13.2 Å². The quantitative estimate of drug-likeness (QED) is 0.507. The van der Waals surface area contributed by atoms with Gasteiger partial charge in [0.15, 0.2) is 11.5 Å². The lowest BCUT2D eigenvalue weighted by Gasteiger charge is -2.17. The van der Waals surface area contributed by atoms with Gasteiger partial charge in [0, 0.05) is 12.0 Å². The van der Waals surface area contributed by atoms with E-state index in [4.69, 9.17) is 9.47 Å². The number of carbonyl (C=O) groups excluding carboxylic acids is 1. The maximum atomic E-state index is 13.3. The molecule has 0 aromatic heterocycles. The minimum absolute atomic E-state index is 0.00238. The lowest BCUT2D eigenvalue weighted by molar-refractivity contribution is -0.274. The zero-order chi connectivity index (χ0) is 23.9. The number of alkyl halides is 3. The molecular weight excluding hydrogens is 449 g/mol. The molecule has 0 unspecified atom stereocenters. The number of aliphatic hydroxyl groups is 1. The van der Waals surface area contributed by atoms with E-state index < -0.39 is 11.8 Å². The summed E-state index contributed by atoms with van der Waals surface area (Å²) in [6, 6.07) is 16.3. The first-order valence-corrected chi connectivity index (χ1v) is 10.8. The fraction of sp³-hybridized carbons (Fsp3) is 0.269. The average Bonchev–Trinajstić information content (AvgIpc) is 3.50. The fourth-order valence-corrected chi connectivity index (χ4v) is 4.32. The van der Waals surface area contributed by atoms with Gasteiger partial charge in [-0.2, -0.15) is 0 Å². The maximum Gasteiger partial charge on any atom is 0.573 e. The van der Waals surface area contributed by atoms with Gasteiger partial charge in [-0.25, -0.2) is 0 Å². The predicted molar refractivity (Wildman–Crippen MR) is 117 cm³/mol. The second kappa shape index (κ2) is 8.36. The summed E-state index contributed by atoms with van der Waals surface area (Å²) in [6.07, 6.45) is -3.37. The highest BCUT2D eigenvalue weighted by atomic mass is 19.4. The van der Waals surface area contributed by atoms with Gasteiger partial charge in [0.1, 0.15) is 11.5 Å². The summed E-state index contributed by atoms with van der Waals surface area (Å²) in [5.41, 5.74) is 2.17. The highest BCUT2D eigenvalue weighted by Crippen LogP contribution is 2.51. The largest absolute Gasteiger partial charge is 0.573 e. The Morgan fingerprint density at radius 3 is 2.32 bits per heavy atom. The molecule has 2 aliphatic rings. The number of hydrogen-bond donors (Lipinski definition) is 1. The van der Waals surface area contributed by atoms with Gasteiger partial charge >= 0.3 is 6.36 Å². The van der Waals surface area contributed by atoms with Crippen molar-refractivity contribution in [3.63, 3.8) is 0 Å². The van der Waals surface area contributed by atoms with Crippen LogP contribution in [0.2, 0.25) is 0 Å². The van der Waals surface area contributed by atoms with Crippen molar-refractivity contribution < 1.29 is 37.3 Å². The molecule has 1 aliphatic heterocycles. The number of aliphatic hydroxyl groups excluding tert-OH is 1. The third kappa shape index (κ3) is 4.33. The highest BCUT2D eigenvalue weighted by molar-refractivity contribution is 5.95. The SMILES string of the molecule is O=C(Cc1ccc(OC(F)(F)F)c(-c2ccc(CO)cc2)c1)C1(c2ccc3c(c2)OCO3)CC1. The molecule has 1 fully saturated rings. The normalized spacial score (nSPS) is 15.8. The second-order valence-electron chi connectivity index (χ2n) is 8.48. The van der Waals surface area contributed by atoms with Crippen LogP contribution in [0.15, 0.2) is 60.7 Å². The third-order valence-electron chi connectivity index (χ3n) is 6.29. The Bertz CT molecular complexity index is 1230. The van der Waals surface area contributed by atoms with E-state index in [1.54, 1.807) is 36.4 Å². The first kappa shape index (κ1) is 22.3. The number of Topliss-reactive ketones (excluding diaryl/α,β-unsaturated/α-hetero) is 1. The predicted octanol–water partition coefficient (Wildman–Crippen LogP) is 5.32. The molecule has 0 spiro atoms. The zero-order valence-corrected chi connectivity index (χ0v) is 18.0. The summed E-state index contributed by atoms with van der Waals surface area (Å²) < 4.78 is 54.0. The van der Waals surface area contributed by atoms with E-state index in [1.807, 2.05) is 12.1 Å². The van der Waals surface area contributed by atoms with Gasteiger partial charge in [-0.05, 0) is 59.4 Å². The van der Waals surface area contributed by atoms with Crippen LogP contribution in [0, 0.1) is 0 Å². The first-order valence-electron chi connectivity index (χ1n) is 10.8. The molecule has 34 heavy (non-hydrogen) atoms. The molecule has 0 bridgehead atoms. The first-order chi connectivity index (χ1) is 16.3. The molecule has 176 valence electrons. The van der Waals surface area contributed by atoms with Crippen molar-refractivity contribution in [3.05, 3.63) is 77.4 Å². The van der Waals surface area contributed by atoms with Gasteiger partial charge in [0.2, 0.25) is 6.79 Å². The van der Waals surface area contributed by atoms with Crippen molar-refractivity contribution in [1.82, 2.24) is 0 Å². The highest BCUT2D eigenvalue weighted by Gasteiger charge is 2.50. The molecule has 0 radical (unpaired) electrons. The number of ether oxygens (including phenoxy) is 3. The van der Waals surface area contributed by atoms with Crippen LogP contribution in [0.25, 0.3) is 11.1 Å². The molecule has 8 heteroatoms. The van der Waals surface area contributed by atoms with Crippen molar-refractivity contribution >= 4 is 5.78 Å². The Hall–Kier alpha value is -3.52. The number of rotatable bonds is 7. The molecule has 1 N–H and O–H groups in total. The van der Waals surface area contributed by atoms with Crippen LogP contribution in [-0.2, 0) is 23.2 Å². The lowest BCUT2D eigenvalue weighted by atomic mass is 9.87. The summed E-state index contributed by atoms with van der Waals surface area (Å²) in [6.45, 7) is -0.0309. The van der Waals surface area contributed by atoms with E-state index in [9.17, 15) is 23.1 Å². The Morgan fingerprint density at radius 1 is 0.941 bits per heavy atom. The third-order valence-corrected chi connectivity index (χ3v) is 6.29.